The fraction of sp³-hybridized carbons (Fsp3) is 0.385. The van der Waals surface area contributed by atoms with Crippen molar-refractivity contribution < 1.29 is 9.59 Å². The van der Waals surface area contributed by atoms with Gasteiger partial charge in [0.2, 0.25) is 5.91 Å². The van der Waals surface area contributed by atoms with Crippen molar-refractivity contribution in [2.24, 2.45) is 0 Å². The van der Waals surface area contributed by atoms with Crippen LogP contribution in [-0.4, -0.2) is 18.2 Å². The monoisotopic (exact) mass is 217 g/mol. The second-order valence-electron chi connectivity index (χ2n) is 4.07. The van der Waals surface area contributed by atoms with E-state index in [1.165, 1.54) is 0 Å². The lowest BCUT2D eigenvalue weighted by Gasteiger charge is -2.16. The molecular formula is C13H15NO2. The van der Waals surface area contributed by atoms with Crippen molar-refractivity contribution in [2.75, 3.05) is 11.4 Å². The molecule has 84 valence electrons. The molecule has 0 atom stereocenters. The van der Waals surface area contributed by atoms with E-state index in [-0.39, 0.29) is 18.2 Å². The lowest BCUT2D eigenvalue weighted by molar-refractivity contribution is -0.122. The van der Waals surface area contributed by atoms with Crippen LogP contribution in [0.4, 0.5) is 5.69 Å². The van der Waals surface area contributed by atoms with E-state index in [0.29, 0.717) is 12.8 Å². The highest BCUT2D eigenvalue weighted by molar-refractivity contribution is 6.05. The van der Waals surface area contributed by atoms with Crippen LogP contribution in [0.2, 0.25) is 0 Å². The quantitative estimate of drug-likeness (QED) is 0.773. The number of amides is 1. The maximum Gasteiger partial charge on any atom is 0.231 e. The molecule has 0 saturated heterocycles. The Morgan fingerprint density at radius 2 is 2.12 bits per heavy atom. The molecule has 16 heavy (non-hydrogen) atoms. The molecule has 0 radical (unpaired) electrons. The number of hydrogen-bond donors (Lipinski definition) is 0. The molecule has 1 aliphatic heterocycles. The molecule has 0 fully saturated rings. The summed E-state index contributed by atoms with van der Waals surface area (Å²) >= 11 is 0. The van der Waals surface area contributed by atoms with Crippen LogP contribution in [-0.2, 0) is 16.0 Å². The first-order chi connectivity index (χ1) is 7.72. The number of ketones is 1. The Morgan fingerprint density at radius 3 is 2.88 bits per heavy atom. The van der Waals surface area contributed by atoms with Gasteiger partial charge in [0.15, 0.2) is 5.78 Å². The first-order valence-electron chi connectivity index (χ1n) is 5.62. The zero-order valence-electron chi connectivity index (χ0n) is 9.40. The van der Waals surface area contributed by atoms with Gasteiger partial charge in [0.05, 0.1) is 13.0 Å². The lowest BCUT2D eigenvalue weighted by atomic mass is 10.2. The van der Waals surface area contributed by atoms with Crippen LogP contribution in [0.3, 0.4) is 0 Å². The van der Waals surface area contributed by atoms with Gasteiger partial charge < -0.3 is 4.90 Å². The smallest absolute Gasteiger partial charge is 0.231 e. The minimum atomic E-state index is 0.0330. The molecule has 1 aromatic carbocycles. The Balaban J connectivity index is 2.16. The van der Waals surface area contributed by atoms with Crippen LogP contribution in [0.1, 0.15) is 25.3 Å². The van der Waals surface area contributed by atoms with Crippen molar-refractivity contribution in [3.8, 4) is 0 Å². The van der Waals surface area contributed by atoms with E-state index in [1.54, 1.807) is 4.90 Å². The van der Waals surface area contributed by atoms with Gasteiger partial charge in [0.1, 0.15) is 0 Å². The normalized spacial score (nSPS) is 14.1. The predicted molar refractivity (Wildman–Crippen MR) is 62.4 cm³/mol. The molecule has 1 amide bonds. The molecule has 3 heteroatoms. The maximum atomic E-state index is 11.7. The number of carbonyl (C=O) groups is 2. The van der Waals surface area contributed by atoms with Gasteiger partial charge >= 0.3 is 0 Å². The summed E-state index contributed by atoms with van der Waals surface area (Å²) in [5.74, 6) is 0.165. The molecule has 1 aliphatic rings. The SMILES string of the molecule is CCCC(=O)CN1C(=O)Cc2ccccc21. The highest BCUT2D eigenvalue weighted by Crippen LogP contribution is 2.28. The Hall–Kier alpha value is -1.64. The molecule has 0 aliphatic carbocycles. The van der Waals surface area contributed by atoms with E-state index in [2.05, 4.69) is 0 Å². The number of nitrogens with zero attached hydrogens (tertiary/aromatic N) is 1. The number of fused-ring (bicyclic) bond motifs is 1. The predicted octanol–water partition coefficient (Wildman–Crippen LogP) is 1.94. The standard InChI is InChI=1S/C13H15NO2/c1-2-5-11(15)9-14-12-7-4-3-6-10(12)8-13(14)16/h3-4,6-7H,2,5,8-9H2,1H3. The number of rotatable bonds is 4. The second kappa shape index (κ2) is 4.47. The third-order valence-electron chi connectivity index (χ3n) is 2.79. The van der Waals surface area contributed by atoms with Gasteiger partial charge in [0, 0.05) is 12.1 Å². The summed E-state index contributed by atoms with van der Waals surface area (Å²) in [4.78, 5) is 24.9. The average molecular weight is 217 g/mol. The molecule has 0 bridgehead atoms. The summed E-state index contributed by atoms with van der Waals surface area (Å²) < 4.78 is 0. The van der Waals surface area contributed by atoms with Crippen molar-refractivity contribution in [3.63, 3.8) is 0 Å². The van der Waals surface area contributed by atoms with Crippen LogP contribution >= 0.6 is 0 Å². The number of para-hydroxylation sites is 1. The van der Waals surface area contributed by atoms with E-state index < -0.39 is 0 Å². The van der Waals surface area contributed by atoms with Gasteiger partial charge in [-0.3, -0.25) is 9.59 Å². The van der Waals surface area contributed by atoms with Crippen molar-refractivity contribution >= 4 is 17.4 Å². The van der Waals surface area contributed by atoms with E-state index in [4.69, 9.17) is 0 Å². The number of Topliss-reactive ketones (excluding diaryl/α,β-unsaturated/α-hetero) is 1. The molecule has 3 nitrogen and oxygen atoms in total. The van der Waals surface area contributed by atoms with Gasteiger partial charge in [-0.15, -0.1) is 0 Å². The first kappa shape index (κ1) is 10.9. The average Bonchev–Trinajstić information content (AvgIpc) is 2.56. The van der Waals surface area contributed by atoms with Gasteiger partial charge in [-0.1, -0.05) is 25.1 Å². The lowest BCUT2D eigenvalue weighted by Crippen LogP contribution is -2.32. The number of benzene rings is 1. The van der Waals surface area contributed by atoms with E-state index >= 15 is 0 Å². The number of anilines is 1. The Labute approximate surface area is 95.1 Å². The Kier molecular flexibility index (Phi) is 3.04. The Morgan fingerprint density at radius 1 is 1.38 bits per heavy atom. The fourth-order valence-corrected chi connectivity index (χ4v) is 2.02. The van der Waals surface area contributed by atoms with Gasteiger partial charge in [-0.05, 0) is 18.1 Å². The topological polar surface area (TPSA) is 37.4 Å². The third kappa shape index (κ3) is 1.98. The Bertz CT molecular complexity index is 426. The highest BCUT2D eigenvalue weighted by atomic mass is 16.2. The van der Waals surface area contributed by atoms with Crippen molar-refractivity contribution in [2.45, 2.75) is 26.2 Å². The van der Waals surface area contributed by atoms with Crippen LogP contribution in [0, 0.1) is 0 Å². The zero-order chi connectivity index (χ0) is 11.5. The van der Waals surface area contributed by atoms with Crippen LogP contribution in [0.15, 0.2) is 24.3 Å². The summed E-state index contributed by atoms with van der Waals surface area (Å²) in [6.45, 7) is 2.20. The summed E-state index contributed by atoms with van der Waals surface area (Å²) in [6, 6.07) is 7.66. The molecule has 0 saturated carbocycles. The van der Waals surface area contributed by atoms with Crippen LogP contribution in [0.25, 0.3) is 0 Å². The van der Waals surface area contributed by atoms with Gasteiger partial charge in [-0.25, -0.2) is 0 Å². The summed E-state index contributed by atoms with van der Waals surface area (Å²) in [7, 11) is 0. The molecule has 0 aromatic heterocycles. The molecule has 0 unspecified atom stereocenters. The highest BCUT2D eigenvalue weighted by Gasteiger charge is 2.27. The molecule has 1 heterocycles. The number of carbonyl (C=O) groups excluding carboxylic acids is 2. The fourth-order valence-electron chi connectivity index (χ4n) is 2.02. The minimum Gasteiger partial charge on any atom is -0.304 e. The van der Waals surface area contributed by atoms with Crippen LogP contribution in [0.5, 0.6) is 0 Å². The molecule has 1 aromatic rings. The van der Waals surface area contributed by atoms with Gasteiger partial charge in [0.25, 0.3) is 0 Å². The summed E-state index contributed by atoms with van der Waals surface area (Å²) in [5.41, 5.74) is 1.92. The number of hydrogen-bond acceptors (Lipinski definition) is 2. The van der Waals surface area contributed by atoms with Crippen molar-refractivity contribution in [3.05, 3.63) is 29.8 Å². The van der Waals surface area contributed by atoms with E-state index in [0.717, 1.165) is 17.7 Å². The van der Waals surface area contributed by atoms with Crippen molar-refractivity contribution in [1.29, 1.82) is 0 Å². The summed E-state index contributed by atoms with van der Waals surface area (Å²) in [5, 5.41) is 0. The largest absolute Gasteiger partial charge is 0.304 e. The first-order valence-corrected chi connectivity index (χ1v) is 5.62. The maximum absolute atomic E-state index is 11.7. The molecule has 2 rings (SSSR count). The van der Waals surface area contributed by atoms with Crippen molar-refractivity contribution in [1.82, 2.24) is 0 Å². The minimum absolute atomic E-state index is 0.0330. The summed E-state index contributed by atoms with van der Waals surface area (Å²) in [6.07, 6.45) is 1.81. The molecular weight excluding hydrogens is 202 g/mol. The third-order valence-corrected chi connectivity index (χ3v) is 2.79. The molecule has 0 N–H and O–H groups in total. The van der Waals surface area contributed by atoms with E-state index in [9.17, 15) is 9.59 Å². The van der Waals surface area contributed by atoms with Gasteiger partial charge in [-0.2, -0.15) is 0 Å². The van der Waals surface area contributed by atoms with Crippen LogP contribution < -0.4 is 4.90 Å². The molecule has 0 spiro atoms. The van der Waals surface area contributed by atoms with E-state index in [1.807, 2.05) is 31.2 Å². The zero-order valence-corrected chi connectivity index (χ0v) is 9.40. The second-order valence-corrected chi connectivity index (χ2v) is 4.07.